The summed E-state index contributed by atoms with van der Waals surface area (Å²) in [6.45, 7) is -0.692. The number of hydrogen-bond acceptors (Lipinski definition) is 4. The molecule has 130 valence electrons. The van der Waals surface area contributed by atoms with E-state index in [1.807, 2.05) is 0 Å². The molecular weight excluding hydrogens is 282 g/mol. The standard InChI is InChI=1S/C17H33NO4/c1-4-5-6-7-8-9-10-11-15(19)13-18(2,3)14-16(20)12-17(21)22/h16,20H,4-14H2,1-3H3/i14D2,16D. The first-order valence-corrected chi connectivity index (χ1v) is 8.14. The van der Waals surface area contributed by atoms with Crippen LogP contribution in [0.2, 0.25) is 0 Å². The molecule has 0 aliphatic heterocycles. The zero-order valence-corrected chi connectivity index (χ0v) is 14.2. The minimum Gasteiger partial charge on any atom is -0.550 e. The Kier molecular flexibility index (Phi) is 8.41. The first-order chi connectivity index (χ1) is 11.4. The number of carboxylic acids is 1. The predicted octanol–water partition coefficient (Wildman–Crippen LogP) is 1.27. The Hall–Kier alpha value is -0.940. The van der Waals surface area contributed by atoms with Crippen molar-refractivity contribution in [1.82, 2.24) is 0 Å². The van der Waals surface area contributed by atoms with Crippen molar-refractivity contribution in [2.45, 2.75) is 70.8 Å². The number of quaternary nitrogens is 1. The van der Waals surface area contributed by atoms with Gasteiger partial charge in [-0.25, -0.2) is 0 Å². The lowest BCUT2D eigenvalue weighted by Gasteiger charge is -2.31. The summed E-state index contributed by atoms with van der Waals surface area (Å²) in [6, 6.07) is 0. The van der Waals surface area contributed by atoms with Crippen LogP contribution in [0.1, 0.15) is 68.8 Å². The van der Waals surface area contributed by atoms with Crippen LogP contribution >= 0.6 is 0 Å². The number of carbonyl (C=O) groups is 2. The highest BCUT2D eigenvalue weighted by molar-refractivity contribution is 5.79. The Morgan fingerprint density at radius 2 is 1.73 bits per heavy atom. The molecule has 0 radical (unpaired) electrons. The Bertz CT molecular complexity index is 440. The van der Waals surface area contributed by atoms with Gasteiger partial charge in [-0.15, -0.1) is 0 Å². The molecule has 0 spiro atoms. The lowest BCUT2D eigenvalue weighted by atomic mass is 10.1. The summed E-state index contributed by atoms with van der Waals surface area (Å²) in [7, 11) is 2.74. The van der Waals surface area contributed by atoms with E-state index in [9.17, 15) is 19.8 Å². The molecular formula is C17H33NO4. The molecule has 0 amide bonds. The molecule has 0 bridgehead atoms. The summed E-state index contributed by atoms with van der Waals surface area (Å²) in [4.78, 5) is 22.8. The molecule has 0 aromatic heterocycles. The quantitative estimate of drug-likeness (QED) is 0.386. The lowest BCUT2D eigenvalue weighted by molar-refractivity contribution is -0.885. The second-order valence-corrected chi connectivity index (χ2v) is 6.36. The van der Waals surface area contributed by atoms with E-state index in [1.54, 1.807) is 0 Å². The summed E-state index contributed by atoms with van der Waals surface area (Å²) >= 11 is 0. The molecule has 0 rings (SSSR count). The Labute approximate surface area is 139 Å². The molecule has 0 heterocycles. The topological polar surface area (TPSA) is 77.4 Å². The monoisotopic (exact) mass is 318 g/mol. The minimum absolute atomic E-state index is 0.160. The fraction of sp³-hybridized carbons (Fsp3) is 0.882. The smallest absolute Gasteiger partial charge is 0.186 e. The number of rotatable bonds is 14. The number of Topliss-reactive ketones (excluding diaryl/α,β-unsaturated/α-hetero) is 1. The van der Waals surface area contributed by atoms with Crippen LogP contribution in [0.25, 0.3) is 0 Å². The average molecular weight is 318 g/mol. The van der Waals surface area contributed by atoms with Crippen molar-refractivity contribution < 1.29 is 28.4 Å². The third-order valence-electron chi connectivity index (χ3n) is 3.37. The lowest BCUT2D eigenvalue weighted by Crippen LogP contribution is -2.49. The number of aliphatic carboxylic acids is 1. The maximum Gasteiger partial charge on any atom is 0.186 e. The van der Waals surface area contributed by atoms with E-state index in [1.165, 1.54) is 33.4 Å². The number of ketones is 1. The fourth-order valence-electron chi connectivity index (χ4n) is 2.36. The normalized spacial score (nSPS) is 17.2. The second kappa shape index (κ2) is 11.6. The van der Waals surface area contributed by atoms with E-state index in [2.05, 4.69) is 6.92 Å². The summed E-state index contributed by atoms with van der Waals surface area (Å²) in [5, 5.41) is 20.6. The van der Waals surface area contributed by atoms with Gasteiger partial charge in [-0.2, -0.15) is 0 Å². The third-order valence-corrected chi connectivity index (χ3v) is 3.37. The molecule has 0 aromatic rings. The first-order valence-electron chi connectivity index (χ1n) is 9.64. The number of nitrogens with zero attached hydrogens (tertiary/aromatic N) is 1. The van der Waals surface area contributed by atoms with Crippen LogP contribution < -0.4 is 5.11 Å². The van der Waals surface area contributed by atoms with Crippen LogP contribution in [0.3, 0.4) is 0 Å². The molecule has 0 saturated carbocycles. The highest BCUT2D eigenvalue weighted by atomic mass is 16.4. The highest BCUT2D eigenvalue weighted by Gasteiger charge is 2.23. The molecule has 22 heavy (non-hydrogen) atoms. The number of unbranched alkanes of at least 4 members (excludes halogenated alkanes) is 6. The Morgan fingerprint density at radius 3 is 2.27 bits per heavy atom. The molecule has 1 unspecified atom stereocenters. The molecule has 0 aliphatic carbocycles. The van der Waals surface area contributed by atoms with E-state index in [-0.39, 0.29) is 12.3 Å². The predicted molar refractivity (Wildman–Crippen MR) is 85.1 cm³/mol. The van der Waals surface area contributed by atoms with Gasteiger partial charge in [0.1, 0.15) is 19.1 Å². The highest BCUT2D eigenvalue weighted by Crippen LogP contribution is 2.10. The fourth-order valence-corrected chi connectivity index (χ4v) is 2.36. The van der Waals surface area contributed by atoms with Gasteiger partial charge in [0.05, 0.1) is 18.2 Å². The van der Waals surface area contributed by atoms with E-state index < -0.39 is 29.5 Å². The van der Waals surface area contributed by atoms with E-state index in [4.69, 9.17) is 4.11 Å². The Balaban J connectivity index is 4.48. The van der Waals surface area contributed by atoms with Gasteiger partial charge in [0.2, 0.25) is 0 Å². The summed E-state index contributed by atoms with van der Waals surface area (Å²) < 4.78 is 23.0. The number of hydrogen-bond donors (Lipinski definition) is 1. The maximum absolute atomic E-state index is 12.1. The Morgan fingerprint density at radius 1 is 1.18 bits per heavy atom. The van der Waals surface area contributed by atoms with E-state index in [0.717, 1.165) is 25.7 Å². The van der Waals surface area contributed by atoms with Crippen LogP contribution in [0.15, 0.2) is 0 Å². The van der Waals surface area contributed by atoms with Crippen molar-refractivity contribution >= 4 is 11.8 Å². The molecule has 5 heteroatoms. The largest absolute Gasteiger partial charge is 0.550 e. The summed E-state index contributed by atoms with van der Waals surface area (Å²) in [5.74, 6) is -1.87. The van der Waals surface area contributed by atoms with Crippen molar-refractivity contribution in [2.24, 2.45) is 0 Å². The van der Waals surface area contributed by atoms with Gasteiger partial charge in [-0.1, -0.05) is 45.4 Å². The third kappa shape index (κ3) is 12.8. The van der Waals surface area contributed by atoms with Crippen LogP contribution in [0.4, 0.5) is 0 Å². The van der Waals surface area contributed by atoms with Crippen LogP contribution in [-0.4, -0.2) is 54.6 Å². The summed E-state index contributed by atoms with van der Waals surface area (Å²) in [5.41, 5.74) is 0. The average Bonchev–Trinajstić information content (AvgIpc) is 2.44. The molecule has 0 fully saturated rings. The summed E-state index contributed by atoms with van der Waals surface area (Å²) in [6.07, 6.45) is 3.81. The zero-order chi connectivity index (χ0) is 19.7. The number of carbonyl (C=O) groups excluding carboxylic acids is 2. The molecule has 0 saturated heterocycles. The second-order valence-electron chi connectivity index (χ2n) is 6.36. The molecule has 1 atom stereocenters. The van der Waals surface area contributed by atoms with E-state index in [0.29, 0.717) is 6.42 Å². The van der Waals surface area contributed by atoms with Crippen molar-refractivity contribution in [2.75, 3.05) is 27.1 Å². The van der Waals surface area contributed by atoms with E-state index >= 15 is 0 Å². The first kappa shape index (κ1) is 15.9. The van der Waals surface area contributed by atoms with Crippen LogP contribution in [0.5, 0.6) is 0 Å². The molecule has 0 aliphatic rings. The van der Waals surface area contributed by atoms with Crippen molar-refractivity contribution in [3.05, 3.63) is 0 Å². The van der Waals surface area contributed by atoms with Crippen molar-refractivity contribution in [3.63, 3.8) is 0 Å². The van der Waals surface area contributed by atoms with Gasteiger partial charge in [0.15, 0.2) is 5.78 Å². The SMILES string of the molecule is [2H]C(O)(CC(=O)[O-])C([2H])([2H])[N+](C)(C)CC(=O)CCCCCCCCC. The van der Waals surface area contributed by atoms with Crippen molar-refractivity contribution in [3.8, 4) is 0 Å². The van der Waals surface area contributed by atoms with Crippen LogP contribution in [-0.2, 0) is 9.59 Å². The minimum atomic E-state index is -2.88. The van der Waals surface area contributed by atoms with Gasteiger partial charge < -0.3 is 19.5 Å². The number of aliphatic hydroxyl groups is 1. The van der Waals surface area contributed by atoms with Gasteiger partial charge >= 0.3 is 0 Å². The number of carboxylic acid groups (broad SMARTS) is 1. The molecule has 1 N–H and O–H groups in total. The van der Waals surface area contributed by atoms with Crippen LogP contribution in [0, 0.1) is 0 Å². The van der Waals surface area contributed by atoms with Gasteiger partial charge in [-0.3, -0.25) is 4.79 Å². The molecule has 0 aromatic carbocycles. The van der Waals surface area contributed by atoms with Gasteiger partial charge in [0, 0.05) is 18.8 Å². The number of likely N-dealkylation sites (N-methyl/N-ethyl adjacent to an activating group) is 1. The zero-order valence-electron chi connectivity index (χ0n) is 17.2. The molecule has 5 nitrogen and oxygen atoms in total. The van der Waals surface area contributed by atoms with Gasteiger partial charge in [0.25, 0.3) is 0 Å². The maximum atomic E-state index is 12.1. The van der Waals surface area contributed by atoms with Crippen molar-refractivity contribution in [1.29, 1.82) is 0 Å². The van der Waals surface area contributed by atoms with Gasteiger partial charge in [-0.05, 0) is 6.42 Å².